The van der Waals surface area contributed by atoms with Crippen molar-refractivity contribution in [2.45, 2.75) is 91.0 Å². The third-order valence-corrected chi connectivity index (χ3v) is 6.36. The zero-order chi connectivity index (χ0) is 24.7. The Morgan fingerprint density at radius 1 is 1.12 bits per heavy atom. The summed E-state index contributed by atoms with van der Waals surface area (Å²) >= 11 is 0. The van der Waals surface area contributed by atoms with Gasteiger partial charge in [0.25, 0.3) is 0 Å². The van der Waals surface area contributed by atoms with Crippen molar-refractivity contribution in [3.8, 4) is 5.69 Å². The summed E-state index contributed by atoms with van der Waals surface area (Å²) in [6, 6.07) is 10.0. The first kappa shape index (κ1) is 25.8. The number of aryl methyl sites for hydroxylation is 1. The molecule has 1 aliphatic rings. The van der Waals surface area contributed by atoms with E-state index in [1.54, 1.807) is 9.58 Å². The minimum atomic E-state index is -0.219. The van der Waals surface area contributed by atoms with Gasteiger partial charge < -0.3 is 15.5 Å². The molecule has 1 fully saturated rings. The minimum Gasteiger partial charge on any atom is -0.335 e. The molecule has 1 heterocycles. The van der Waals surface area contributed by atoms with Crippen molar-refractivity contribution in [2.24, 2.45) is 0 Å². The number of nitrogens with one attached hydrogen (secondary N) is 2. The second kappa shape index (κ2) is 11.5. The number of amides is 3. The van der Waals surface area contributed by atoms with Crippen LogP contribution >= 0.6 is 0 Å². The lowest BCUT2D eigenvalue weighted by Gasteiger charge is -2.28. The molecule has 1 aromatic heterocycles. The van der Waals surface area contributed by atoms with Crippen molar-refractivity contribution < 1.29 is 9.59 Å². The zero-order valence-electron chi connectivity index (χ0n) is 21.5. The SMILES string of the molecule is CCCCN(CC(=O)Nc1cc(C(C)(C)C)nn1-c1ccc(C)cc1)C(=O)NC1CCCCC1. The summed E-state index contributed by atoms with van der Waals surface area (Å²) in [5.41, 5.74) is 2.77. The van der Waals surface area contributed by atoms with Gasteiger partial charge >= 0.3 is 6.03 Å². The molecule has 0 saturated heterocycles. The second-order valence-corrected chi connectivity index (χ2v) is 10.5. The van der Waals surface area contributed by atoms with Gasteiger partial charge in [-0.25, -0.2) is 9.48 Å². The summed E-state index contributed by atoms with van der Waals surface area (Å²) in [7, 11) is 0. The molecule has 2 aromatic rings. The zero-order valence-corrected chi connectivity index (χ0v) is 21.5. The highest BCUT2D eigenvalue weighted by Crippen LogP contribution is 2.26. The topological polar surface area (TPSA) is 79.3 Å². The maximum atomic E-state index is 13.1. The van der Waals surface area contributed by atoms with Gasteiger partial charge in [0.05, 0.1) is 11.4 Å². The van der Waals surface area contributed by atoms with Crippen LogP contribution in [0.15, 0.2) is 30.3 Å². The molecular formula is C27H41N5O2. The largest absolute Gasteiger partial charge is 0.335 e. The molecule has 0 atom stereocenters. The molecule has 0 bridgehead atoms. The van der Waals surface area contributed by atoms with Crippen LogP contribution in [0.25, 0.3) is 5.69 Å². The van der Waals surface area contributed by atoms with Crippen LogP contribution in [0.5, 0.6) is 0 Å². The maximum absolute atomic E-state index is 13.1. The standard InChI is InChI=1S/C27H41N5O2/c1-6-7-17-31(26(34)28-21-11-9-8-10-12-21)19-25(33)29-24-18-23(27(3,4)5)30-32(24)22-15-13-20(2)14-16-22/h13-16,18,21H,6-12,17,19H2,1-5H3,(H,28,34)(H,29,33). The normalized spacial score (nSPS) is 14.6. The molecular weight excluding hydrogens is 426 g/mol. The van der Waals surface area contributed by atoms with Gasteiger partial charge in [-0.1, -0.05) is 71.1 Å². The van der Waals surface area contributed by atoms with Crippen LogP contribution in [0, 0.1) is 6.92 Å². The summed E-state index contributed by atoms with van der Waals surface area (Å²) < 4.78 is 1.77. The van der Waals surface area contributed by atoms with Crippen molar-refractivity contribution in [1.82, 2.24) is 20.0 Å². The lowest BCUT2D eigenvalue weighted by molar-refractivity contribution is -0.116. The number of urea groups is 1. The number of hydrogen-bond donors (Lipinski definition) is 2. The quantitative estimate of drug-likeness (QED) is 0.533. The third-order valence-electron chi connectivity index (χ3n) is 6.36. The molecule has 3 rings (SSSR count). The van der Waals surface area contributed by atoms with E-state index in [9.17, 15) is 9.59 Å². The summed E-state index contributed by atoms with van der Waals surface area (Å²) in [4.78, 5) is 27.7. The fourth-order valence-electron chi connectivity index (χ4n) is 4.19. The van der Waals surface area contributed by atoms with Crippen molar-refractivity contribution in [1.29, 1.82) is 0 Å². The first-order valence-corrected chi connectivity index (χ1v) is 12.7. The monoisotopic (exact) mass is 467 g/mol. The Bertz CT molecular complexity index is 952. The van der Waals surface area contributed by atoms with E-state index in [0.717, 1.165) is 55.5 Å². The number of unbranched alkanes of at least 4 members (excludes halogenated alkanes) is 1. The molecule has 1 aliphatic carbocycles. The molecule has 0 spiro atoms. The van der Waals surface area contributed by atoms with E-state index in [1.807, 2.05) is 37.3 Å². The van der Waals surface area contributed by atoms with E-state index in [-0.39, 0.29) is 29.9 Å². The van der Waals surface area contributed by atoms with E-state index in [4.69, 9.17) is 5.10 Å². The molecule has 1 saturated carbocycles. The highest BCUT2D eigenvalue weighted by Gasteiger charge is 2.24. The molecule has 1 aromatic carbocycles. The Hall–Kier alpha value is -2.83. The summed E-state index contributed by atoms with van der Waals surface area (Å²) in [6.07, 6.45) is 7.40. The Labute approximate surface area is 204 Å². The van der Waals surface area contributed by atoms with Crippen LogP contribution in [-0.4, -0.2) is 45.8 Å². The number of aromatic nitrogens is 2. The molecule has 0 radical (unpaired) electrons. The Morgan fingerprint density at radius 3 is 2.41 bits per heavy atom. The van der Waals surface area contributed by atoms with Crippen molar-refractivity contribution >= 4 is 17.8 Å². The predicted octanol–water partition coefficient (Wildman–Crippen LogP) is 5.56. The van der Waals surface area contributed by atoms with E-state index < -0.39 is 0 Å². The van der Waals surface area contributed by atoms with Crippen LogP contribution < -0.4 is 10.6 Å². The molecule has 7 heteroatoms. The van der Waals surface area contributed by atoms with E-state index >= 15 is 0 Å². The number of anilines is 1. The predicted molar refractivity (Wildman–Crippen MR) is 138 cm³/mol. The van der Waals surface area contributed by atoms with Crippen molar-refractivity contribution in [3.63, 3.8) is 0 Å². The van der Waals surface area contributed by atoms with Gasteiger partial charge in [0.1, 0.15) is 12.4 Å². The summed E-state index contributed by atoms with van der Waals surface area (Å²) in [6.45, 7) is 11.0. The number of nitrogens with zero attached hydrogens (tertiary/aromatic N) is 3. The van der Waals surface area contributed by atoms with E-state index in [1.165, 1.54) is 6.42 Å². The van der Waals surface area contributed by atoms with Crippen LogP contribution in [-0.2, 0) is 10.2 Å². The Balaban J connectivity index is 1.75. The fourth-order valence-corrected chi connectivity index (χ4v) is 4.19. The van der Waals surface area contributed by atoms with Gasteiger partial charge in [-0.15, -0.1) is 0 Å². The Kier molecular flexibility index (Phi) is 8.75. The molecule has 7 nitrogen and oxygen atoms in total. The van der Waals surface area contributed by atoms with Gasteiger partial charge in [0.2, 0.25) is 5.91 Å². The third kappa shape index (κ3) is 7.08. The molecule has 0 aliphatic heterocycles. The van der Waals surface area contributed by atoms with Crippen LogP contribution in [0.2, 0.25) is 0 Å². The Morgan fingerprint density at radius 2 is 1.79 bits per heavy atom. The van der Waals surface area contributed by atoms with Gasteiger partial charge in [-0.05, 0) is 38.3 Å². The average molecular weight is 468 g/mol. The number of rotatable bonds is 8. The smallest absolute Gasteiger partial charge is 0.318 e. The number of hydrogen-bond acceptors (Lipinski definition) is 3. The minimum absolute atomic E-state index is 0.0164. The maximum Gasteiger partial charge on any atom is 0.318 e. The fraction of sp³-hybridized carbons (Fsp3) is 0.593. The summed E-state index contributed by atoms with van der Waals surface area (Å²) in [5.74, 6) is 0.394. The molecule has 3 amide bonds. The second-order valence-electron chi connectivity index (χ2n) is 10.5. The first-order valence-electron chi connectivity index (χ1n) is 12.7. The highest BCUT2D eigenvalue weighted by molar-refractivity contribution is 5.94. The van der Waals surface area contributed by atoms with Crippen molar-refractivity contribution in [3.05, 3.63) is 41.6 Å². The molecule has 2 N–H and O–H groups in total. The van der Waals surface area contributed by atoms with Crippen molar-refractivity contribution in [2.75, 3.05) is 18.4 Å². The van der Waals surface area contributed by atoms with Crippen LogP contribution in [0.1, 0.15) is 83.9 Å². The van der Waals surface area contributed by atoms with Gasteiger partial charge in [0, 0.05) is 24.1 Å². The number of benzene rings is 1. The van der Waals surface area contributed by atoms with Crippen LogP contribution in [0.4, 0.5) is 10.6 Å². The average Bonchev–Trinajstić information content (AvgIpc) is 3.22. The van der Waals surface area contributed by atoms with E-state index in [0.29, 0.717) is 12.4 Å². The summed E-state index contributed by atoms with van der Waals surface area (Å²) in [5, 5.41) is 11.0. The van der Waals surface area contributed by atoms with Gasteiger partial charge in [-0.2, -0.15) is 5.10 Å². The number of carbonyl (C=O) groups is 2. The van der Waals surface area contributed by atoms with Gasteiger partial charge in [-0.3, -0.25) is 4.79 Å². The van der Waals surface area contributed by atoms with E-state index in [2.05, 4.69) is 38.3 Å². The highest BCUT2D eigenvalue weighted by atomic mass is 16.2. The lowest BCUT2D eigenvalue weighted by Crippen LogP contribution is -2.48. The van der Waals surface area contributed by atoms with Crippen LogP contribution in [0.3, 0.4) is 0 Å². The molecule has 0 unspecified atom stereocenters. The number of carbonyl (C=O) groups excluding carboxylic acids is 2. The first-order chi connectivity index (χ1) is 16.2. The molecule has 186 valence electrons. The van der Waals surface area contributed by atoms with Gasteiger partial charge in [0.15, 0.2) is 0 Å². The molecule has 34 heavy (non-hydrogen) atoms. The lowest BCUT2D eigenvalue weighted by atomic mass is 9.92.